The van der Waals surface area contributed by atoms with Gasteiger partial charge in [0.25, 0.3) is 0 Å². The fraction of sp³-hybridized carbons (Fsp3) is 0.222. The highest BCUT2D eigenvalue weighted by molar-refractivity contribution is 9.10. The molecule has 1 aromatic carbocycles. The third-order valence-electron chi connectivity index (χ3n) is 1.83. The number of rotatable bonds is 2. The van der Waals surface area contributed by atoms with E-state index in [9.17, 15) is 18.0 Å². The van der Waals surface area contributed by atoms with Crippen molar-refractivity contribution < 1.29 is 27.8 Å². The van der Waals surface area contributed by atoms with Crippen molar-refractivity contribution in [3.63, 3.8) is 0 Å². The Balaban J connectivity index is 3.58. The molecule has 0 aliphatic heterocycles. The van der Waals surface area contributed by atoms with Crippen LogP contribution in [-0.4, -0.2) is 18.2 Å². The molecule has 16 heavy (non-hydrogen) atoms. The number of ether oxygens (including phenoxy) is 1. The smallest absolute Gasteiger partial charge is 0.417 e. The van der Waals surface area contributed by atoms with Gasteiger partial charge < -0.3 is 9.84 Å². The number of alkyl halides is 3. The zero-order valence-corrected chi connectivity index (χ0v) is 9.52. The van der Waals surface area contributed by atoms with E-state index in [4.69, 9.17) is 5.11 Å². The van der Waals surface area contributed by atoms with Crippen molar-refractivity contribution in [2.45, 2.75) is 6.18 Å². The van der Waals surface area contributed by atoms with Crippen molar-refractivity contribution in [1.29, 1.82) is 0 Å². The highest BCUT2D eigenvalue weighted by atomic mass is 79.9. The molecule has 0 amide bonds. The quantitative estimate of drug-likeness (QED) is 0.912. The molecule has 3 nitrogen and oxygen atoms in total. The Morgan fingerprint density at radius 3 is 2.38 bits per heavy atom. The van der Waals surface area contributed by atoms with Gasteiger partial charge in [-0.25, -0.2) is 4.79 Å². The van der Waals surface area contributed by atoms with Gasteiger partial charge in [-0.3, -0.25) is 0 Å². The minimum atomic E-state index is -4.73. The largest absolute Gasteiger partial charge is 0.495 e. The van der Waals surface area contributed by atoms with Crippen LogP contribution in [0.3, 0.4) is 0 Å². The lowest BCUT2D eigenvalue weighted by molar-refractivity contribution is -0.138. The number of benzene rings is 1. The van der Waals surface area contributed by atoms with Crippen molar-refractivity contribution in [1.82, 2.24) is 0 Å². The maximum absolute atomic E-state index is 12.5. The molecule has 88 valence electrons. The Hall–Kier alpha value is -1.24. The third kappa shape index (κ3) is 2.29. The molecule has 1 aromatic rings. The van der Waals surface area contributed by atoms with E-state index in [-0.39, 0.29) is 10.2 Å². The topological polar surface area (TPSA) is 46.5 Å². The Morgan fingerprint density at radius 1 is 1.44 bits per heavy atom. The van der Waals surface area contributed by atoms with Crippen LogP contribution in [0.1, 0.15) is 15.9 Å². The average Bonchev–Trinajstić information content (AvgIpc) is 2.14. The van der Waals surface area contributed by atoms with Gasteiger partial charge >= 0.3 is 12.1 Å². The van der Waals surface area contributed by atoms with Gasteiger partial charge in [-0.05, 0) is 28.1 Å². The van der Waals surface area contributed by atoms with Gasteiger partial charge in [0.1, 0.15) is 11.3 Å². The van der Waals surface area contributed by atoms with Gasteiger partial charge in [0.05, 0.1) is 17.1 Å². The molecule has 0 fully saturated rings. The van der Waals surface area contributed by atoms with Crippen LogP contribution in [0, 0.1) is 0 Å². The standard InChI is InChI=1S/C9H6BrF3O3/c1-16-7-5(10)3-2-4(9(11,12)13)6(7)8(14)15/h2-3H,1H3,(H,14,15). The van der Waals surface area contributed by atoms with Gasteiger partial charge in [-0.1, -0.05) is 0 Å². The van der Waals surface area contributed by atoms with E-state index in [1.807, 2.05) is 0 Å². The summed E-state index contributed by atoms with van der Waals surface area (Å²) in [4.78, 5) is 10.8. The molecule has 1 N–H and O–H groups in total. The Bertz CT molecular complexity index is 429. The zero-order chi connectivity index (χ0) is 12.5. The van der Waals surface area contributed by atoms with E-state index in [1.165, 1.54) is 0 Å². The SMILES string of the molecule is COc1c(Br)ccc(C(F)(F)F)c1C(=O)O. The first kappa shape index (κ1) is 12.8. The Morgan fingerprint density at radius 2 is 2.00 bits per heavy atom. The number of aromatic carboxylic acids is 1. The van der Waals surface area contributed by atoms with Crippen molar-refractivity contribution in [3.8, 4) is 5.75 Å². The van der Waals surface area contributed by atoms with Crippen molar-refractivity contribution in [3.05, 3.63) is 27.7 Å². The fourth-order valence-corrected chi connectivity index (χ4v) is 1.70. The number of carboxylic acid groups (broad SMARTS) is 1. The van der Waals surface area contributed by atoms with Crippen LogP contribution in [0.5, 0.6) is 5.75 Å². The first-order valence-corrected chi connectivity index (χ1v) is 4.75. The second-order valence-electron chi connectivity index (χ2n) is 2.81. The first-order valence-electron chi connectivity index (χ1n) is 3.96. The summed E-state index contributed by atoms with van der Waals surface area (Å²) >= 11 is 2.92. The molecular weight excluding hydrogens is 293 g/mol. The number of hydrogen-bond acceptors (Lipinski definition) is 2. The molecule has 0 saturated heterocycles. The molecule has 0 aliphatic rings. The molecule has 0 atom stereocenters. The normalized spacial score (nSPS) is 11.3. The average molecular weight is 299 g/mol. The molecule has 0 radical (unpaired) electrons. The lowest BCUT2D eigenvalue weighted by Crippen LogP contribution is -2.14. The molecule has 0 spiro atoms. The maximum Gasteiger partial charge on any atom is 0.417 e. The minimum absolute atomic E-state index is 0.153. The van der Waals surface area contributed by atoms with Crippen molar-refractivity contribution >= 4 is 21.9 Å². The molecule has 0 bridgehead atoms. The van der Waals surface area contributed by atoms with E-state index < -0.39 is 23.3 Å². The monoisotopic (exact) mass is 298 g/mol. The van der Waals surface area contributed by atoms with E-state index in [0.29, 0.717) is 6.07 Å². The summed E-state index contributed by atoms with van der Waals surface area (Å²) in [6, 6.07) is 1.78. The predicted molar refractivity (Wildman–Crippen MR) is 52.7 cm³/mol. The highest BCUT2D eigenvalue weighted by Gasteiger charge is 2.37. The number of methoxy groups -OCH3 is 1. The van der Waals surface area contributed by atoms with Crippen LogP contribution in [0.2, 0.25) is 0 Å². The summed E-state index contributed by atoms with van der Waals surface area (Å²) < 4.78 is 42.4. The number of carboxylic acids is 1. The third-order valence-corrected chi connectivity index (χ3v) is 2.46. The number of halogens is 4. The number of carbonyl (C=O) groups is 1. The molecule has 0 saturated carbocycles. The fourth-order valence-electron chi connectivity index (χ4n) is 1.21. The van der Waals surface area contributed by atoms with Crippen LogP contribution in [0.25, 0.3) is 0 Å². The zero-order valence-electron chi connectivity index (χ0n) is 7.93. The molecule has 7 heteroatoms. The summed E-state index contributed by atoms with van der Waals surface area (Å²) in [5, 5.41) is 8.76. The van der Waals surface area contributed by atoms with E-state index in [2.05, 4.69) is 20.7 Å². The molecule has 0 aromatic heterocycles. The maximum atomic E-state index is 12.5. The van der Waals surface area contributed by atoms with Gasteiger partial charge in [-0.15, -0.1) is 0 Å². The first-order chi connectivity index (χ1) is 7.29. The Kier molecular flexibility index (Phi) is 3.47. The summed E-state index contributed by atoms with van der Waals surface area (Å²) in [6.45, 7) is 0. The van der Waals surface area contributed by atoms with Crippen LogP contribution < -0.4 is 4.74 Å². The minimum Gasteiger partial charge on any atom is -0.495 e. The van der Waals surface area contributed by atoms with Crippen LogP contribution >= 0.6 is 15.9 Å². The number of hydrogen-bond donors (Lipinski definition) is 1. The van der Waals surface area contributed by atoms with E-state index >= 15 is 0 Å². The van der Waals surface area contributed by atoms with Crippen molar-refractivity contribution in [2.75, 3.05) is 7.11 Å². The summed E-state index contributed by atoms with van der Waals surface area (Å²) in [5.74, 6) is -2.03. The van der Waals surface area contributed by atoms with Crippen molar-refractivity contribution in [2.24, 2.45) is 0 Å². The van der Waals surface area contributed by atoms with Gasteiger partial charge in [0, 0.05) is 0 Å². The van der Waals surface area contributed by atoms with E-state index in [0.717, 1.165) is 13.2 Å². The summed E-state index contributed by atoms with van der Waals surface area (Å²) in [5.41, 5.74) is -2.13. The van der Waals surface area contributed by atoms with Gasteiger partial charge in [-0.2, -0.15) is 13.2 Å². The lowest BCUT2D eigenvalue weighted by Gasteiger charge is -2.14. The van der Waals surface area contributed by atoms with Crippen LogP contribution in [0.15, 0.2) is 16.6 Å². The lowest BCUT2D eigenvalue weighted by atomic mass is 10.1. The molecule has 0 aliphatic carbocycles. The molecule has 0 heterocycles. The van der Waals surface area contributed by atoms with E-state index in [1.54, 1.807) is 0 Å². The Labute approximate surface area is 97.0 Å². The second-order valence-corrected chi connectivity index (χ2v) is 3.66. The second kappa shape index (κ2) is 4.32. The predicted octanol–water partition coefficient (Wildman–Crippen LogP) is 3.17. The summed E-state index contributed by atoms with van der Waals surface area (Å²) in [7, 11) is 1.10. The van der Waals surface area contributed by atoms with Gasteiger partial charge in [0.2, 0.25) is 0 Å². The highest BCUT2D eigenvalue weighted by Crippen LogP contribution is 2.39. The van der Waals surface area contributed by atoms with Gasteiger partial charge in [0.15, 0.2) is 0 Å². The van der Waals surface area contributed by atoms with Crippen LogP contribution in [0.4, 0.5) is 13.2 Å². The summed E-state index contributed by atoms with van der Waals surface area (Å²) in [6.07, 6.45) is -4.73. The van der Waals surface area contributed by atoms with Crippen LogP contribution in [-0.2, 0) is 6.18 Å². The molecular formula is C9H6BrF3O3. The molecule has 0 unspecified atom stereocenters. The molecule has 1 rings (SSSR count).